The highest BCUT2D eigenvalue weighted by molar-refractivity contribution is 7.09. The zero-order valence-electron chi connectivity index (χ0n) is 11.4. The summed E-state index contributed by atoms with van der Waals surface area (Å²) in [5, 5.41) is 15.2. The number of nitro benzene ring substituents is 1. The van der Waals surface area contributed by atoms with Gasteiger partial charge in [0.2, 0.25) is 5.13 Å². The standard InChI is InChI=1S/C13H15N5O2S/c19-18(20)11-4-2-1-3-10(11)9-12-15-13(21-16-12)17-7-5-14-6-8-17/h1-4,14H,5-9H2. The van der Waals surface area contributed by atoms with Gasteiger partial charge in [-0.1, -0.05) is 18.2 Å². The molecule has 2 aromatic rings. The van der Waals surface area contributed by atoms with E-state index >= 15 is 0 Å². The van der Waals surface area contributed by atoms with Gasteiger partial charge in [-0.25, -0.2) is 4.98 Å². The summed E-state index contributed by atoms with van der Waals surface area (Å²) in [4.78, 5) is 17.4. The summed E-state index contributed by atoms with van der Waals surface area (Å²) in [5.41, 5.74) is 0.767. The number of hydrogen-bond donors (Lipinski definition) is 1. The smallest absolute Gasteiger partial charge is 0.273 e. The van der Waals surface area contributed by atoms with Gasteiger partial charge in [-0.15, -0.1) is 0 Å². The molecule has 1 aromatic heterocycles. The van der Waals surface area contributed by atoms with Crippen LogP contribution in [0, 0.1) is 10.1 Å². The first-order valence-corrected chi connectivity index (χ1v) is 7.52. The molecule has 1 fully saturated rings. The highest BCUT2D eigenvalue weighted by Gasteiger charge is 2.18. The van der Waals surface area contributed by atoms with Gasteiger partial charge in [0.1, 0.15) is 5.82 Å². The minimum atomic E-state index is -0.362. The molecule has 0 atom stereocenters. The van der Waals surface area contributed by atoms with Gasteiger partial charge in [-0.2, -0.15) is 4.37 Å². The fourth-order valence-corrected chi connectivity index (χ4v) is 3.05. The van der Waals surface area contributed by atoms with Crippen molar-refractivity contribution in [2.75, 3.05) is 31.1 Å². The van der Waals surface area contributed by atoms with Crippen LogP contribution in [0.3, 0.4) is 0 Å². The highest BCUT2D eigenvalue weighted by Crippen LogP contribution is 2.23. The third kappa shape index (κ3) is 3.17. The number of nitrogens with one attached hydrogen (secondary N) is 1. The second-order valence-electron chi connectivity index (χ2n) is 4.79. The van der Waals surface area contributed by atoms with Crippen LogP contribution in [0.4, 0.5) is 10.8 Å². The molecule has 0 radical (unpaired) electrons. The molecule has 0 unspecified atom stereocenters. The van der Waals surface area contributed by atoms with Crippen molar-refractivity contribution in [2.45, 2.75) is 6.42 Å². The number of nitrogens with zero attached hydrogens (tertiary/aromatic N) is 4. The van der Waals surface area contributed by atoms with Gasteiger partial charge in [-0.05, 0) is 0 Å². The Bertz CT molecular complexity index is 639. The average molecular weight is 305 g/mol. The van der Waals surface area contributed by atoms with Crippen LogP contribution in [0.25, 0.3) is 0 Å². The van der Waals surface area contributed by atoms with E-state index in [1.807, 2.05) is 0 Å². The predicted molar refractivity (Wildman–Crippen MR) is 80.9 cm³/mol. The lowest BCUT2D eigenvalue weighted by molar-refractivity contribution is -0.385. The fourth-order valence-electron chi connectivity index (χ4n) is 2.31. The fraction of sp³-hybridized carbons (Fsp3) is 0.385. The van der Waals surface area contributed by atoms with Crippen LogP contribution in [0.1, 0.15) is 11.4 Å². The van der Waals surface area contributed by atoms with E-state index in [2.05, 4.69) is 19.6 Å². The van der Waals surface area contributed by atoms with Crippen molar-refractivity contribution in [1.82, 2.24) is 14.7 Å². The molecule has 0 bridgehead atoms. The van der Waals surface area contributed by atoms with E-state index in [1.54, 1.807) is 18.2 Å². The second-order valence-corrected chi connectivity index (χ2v) is 5.52. The summed E-state index contributed by atoms with van der Waals surface area (Å²) in [7, 11) is 0. The summed E-state index contributed by atoms with van der Waals surface area (Å²) >= 11 is 1.36. The Morgan fingerprint density at radius 1 is 1.33 bits per heavy atom. The second kappa shape index (κ2) is 6.15. The molecule has 8 heteroatoms. The van der Waals surface area contributed by atoms with E-state index in [9.17, 15) is 10.1 Å². The van der Waals surface area contributed by atoms with Crippen LogP contribution < -0.4 is 10.2 Å². The van der Waals surface area contributed by atoms with E-state index in [4.69, 9.17) is 0 Å². The Balaban J connectivity index is 1.77. The third-order valence-electron chi connectivity index (χ3n) is 3.38. The number of benzene rings is 1. The average Bonchev–Trinajstić information content (AvgIpc) is 2.97. The van der Waals surface area contributed by atoms with Crippen molar-refractivity contribution < 1.29 is 4.92 Å². The molecular weight excluding hydrogens is 290 g/mol. The minimum Gasteiger partial charge on any atom is -0.344 e. The van der Waals surface area contributed by atoms with Crippen LogP contribution in [0.5, 0.6) is 0 Å². The number of nitro groups is 1. The molecule has 0 spiro atoms. The Kier molecular flexibility index (Phi) is 4.07. The topological polar surface area (TPSA) is 84.2 Å². The summed E-state index contributed by atoms with van der Waals surface area (Å²) in [5.74, 6) is 0.642. The summed E-state index contributed by atoms with van der Waals surface area (Å²) < 4.78 is 4.33. The van der Waals surface area contributed by atoms with Crippen LogP contribution in [0.15, 0.2) is 24.3 Å². The molecule has 110 valence electrons. The summed E-state index contributed by atoms with van der Waals surface area (Å²) in [6.45, 7) is 3.72. The van der Waals surface area contributed by atoms with Crippen LogP contribution in [-0.2, 0) is 6.42 Å². The van der Waals surface area contributed by atoms with Crippen molar-refractivity contribution in [3.63, 3.8) is 0 Å². The SMILES string of the molecule is O=[N+]([O-])c1ccccc1Cc1nsc(N2CCNCC2)n1. The molecule has 7 nitrogen and oxygen atoms in total. The van der Waals surface area contributed by atoms with Crippen LogP contribution in [0.2, 0.25) is 0 Å². The van der Waals surface area contributed by atoms with Crippen LogP contribution in [-0.4, -0.2) is 40.5 Å². The number of para-hydroxylation sites is 1. The Morgan fingerprint density at radius 3 is 2.86 bits per heavy atom. The molecule has 2 heterocycles. The van der Waals surface area contributed by atoms with Gasteiger partial charge in [-0.3, -0.25) is 10.1 Å². The Morgan fingerprint density at radius 2 is 2.10 bits per heavy atom. The van der Waals surface area contributed by atoms with E-state index in [0.29, 0.717) is 17.8 Å². The number of piperazine rings is 1. The van der Waals surface area contributed by atoms with E-state index in [0.717, 1.165) is 31.3 Å². The molecule has 1 aromatic carbocycles. The molecule has 0 aliphatic carbocycles. The van der Waals surface area contributed by atoms with Crippen molar-refractivity contribution in [2.24, 2.45) is 0 Å². The monoisotopic (exact) mass is 305 g/mol. The molecule has 1 aliphatic rings. The summed E-state index contributed by atoms with van der Waals surface area (Å²) in [6.07, 6.45) is 0.389. The minimum absolute atomic E-state index is 0.121. The first-order valence-electron chi connectivity index (χ1n) is 6.74. The zero-order valence-corrected chi connectivity index (χ0v) is 12.2. The lowest BCUT2D eigenvalue weighted by Gasteiger charge is -2.26. The van der Waals surface area contributed by atoms with Gasteiger partial charge < -0.3 is 10.2 Å². The maximum Gasteiger partial charge on any atom is 0.273 e. The normalized spacial score (nSPS) is 15.1. The van der Waals surface area contributed by atoms with E-state index in [1.165, 1.54) is 17.6 Å². The number of hydrogen-bond acceptors (Lipinski definition) is 7. The maximum absolute atomic E-state index is 11.0. The first-order chi connectivity index (χ1) is 10.2. The molecule has 1 N–H and O–H groups in total. The molecule has 0 saturated carbocycles. The van der Waals surface area contributed by atoms with Crippen molar-refractivity contribution in [3.05, 3.63) is 45.8 Å². The number of rotatable bonds is 4. The van der Waals surface area contributed by atoms with Crippen molar-refractivity contribution in [3.8, 4) is 0 Å². The molecule has 21 heavy (non-hydrogen) atoms. The quantitative estimate of drug-likeness (QED) is 0.680. The number of aromatic nitrogens is 2. The molecule has 0 amide bonds. The Hall–Kier alpha value is -2.06. The van der Waals surface area contributed by atoms with E-state index in [-0.39, 0.29) is 10.6 Å². The van der Waals surface area contributed by atoms with Crippen molar-refractivity contribution in [1.29, 1.82) is 0 Å². The highest BCUT2D eigenvalue weighted by atomic mass is 32.1. The van der Waals surface area contributed by atoms with Gasteiger partial charge >= 0.3 is 0 Å². The van der Waals surface area contributed by atoms with E-state index < -0.39 is 0 Å². The summed E-state index contributed by atoms with van der Waals surface area (Å²) in [6, 6.07) is 6.73. The Labute approximate surface area is 125 Å². The maximum atomic E-state index is 11.0. The zero-order chi connectivity index (χ0) is 14.7. The molecule has 1 aliphatic heterocycles. The lowest BCUT2D eigenvalue weighted by Crippen LogP contribution is -2.43. The van der Waals surface area contributed by atoms with Gasteiger partial charge in [0.15, 0.2) is 0 Å². The van der Waals surface area contributed by atoms with Gasteiger partial charge in [0.05, 0.1) is 4.92 Å². The predicted octanol–water partition coefficient (Wildman–Crippen LogP) is 1.45. The molecular formula is C13H15N5O2S. The van der Waals surface area contributed by atoms with Gasteiger partial charge in [0, 0.05) is 55.8 Å². The third-order valence-corrected chi connectivity index (χ3v) is 4.20. The largest absolute Gasteiger partial charge is 0.344 e. The molecule has 1 saturated heterocycles. The number of anilines is 1. The van der Waals surface area contributed by atoms with Gasteiger partial charge in [0.25, 0.3) is 5.69 Å². The van der Waals surface area contributed by atoms with Crippen molar-refractivity contribution >= 4 is 22.4 Å². The van der Waals surface area contributed by atoms with Crippen LogP contribution >= 0.6 is 11.5 Å². The molecule has 3 rings (SSSR count). The first kappa shape index (κ1) is 13.9. The lowest BCUT2D eigenvalue weighted by atomic mass is 10.1.